The Morgan fingerprint density at radius 2 is 2.22 bits per heavy atom. The molecule has 3 heterocycles. The predicted octanol–water partition coefficient (Wildman–Crippen LogP) is 1.50. The Hall–Kier alpha value is -1.46. The second-order valence-electron chi connectivity index (χ2n) is 4.48. The van der Waals surface area contributed by atoms with E-state index in [1.165, 1.54) is 0 Å². The summed E-state index contributed by atoms with van der Waals surface area (Å²) in [7, 11) is 0. The first-order valence-corrected chi connectivity index (χ1v) is 6.29. The molecule has 0 aliphatic carbocycles. The minimum atomic E-state index is 0.209. The second-order valence-corrected chi connectivity index (χ2v) is 4.86. The molecule has 6 heteroatoms. The van der Waals surface area contributed by atoms with Crippen molar-refractivity contribution in [2.45, 2.75) is 6.42 Å². The Labute approximate surface area is 109 Å². The first-order valence-electron chi connectivity index (χ1n) is 5.91. The fourth-order valence-corrected chi connectivity index (χ4v) is 2.50. The lowest BCUT2D eigenvalue weighted by Gasteiger charge is -2.18. The van der Waals surface area contributed by atoms with E-state index in [0.717, 1.165) is 36.4 Å². The lowest BCUT2D eigenvalue weighted by molar-refractivity contribution is 0.238. The van der Waals surface area contributed by atoms with Gasteiger partial charge in [-0.2, -0.15) is 0 Å². The highest BCUT2D eigenvalue weighted by Gasteiger charge is 2.25. The van der Waals surface area contributed by atoms with Crippen molar-refractivity contribution in [3.8, 4) is 0 Å². The normalized spacial score (nSPS) is 19.7. The van der Waals surface area contributed by atoms with Crippen LogP contribution in [-0.2, 0) is 0 Å². The average Bonchev–Trinajstić information content (AvgIpc) is 2.86. The van der Waals surface area contributed by atoms with Gasteiger partial charge in [0, 0.05) is 44.1 Å². The second kappa shape index (κ2) is 4.66. The van der Waals surface area contributed by atoms with E-state index in [1.54, 1.807) is 18.5 Å². The first-order chi connectivity index (χ1) is 8.78. The lowest BCUT2D eigenvalue weighted by Crippen LogP contribution is -2.22. The van der Waals surface area contributed by atoms with Crippen LogP contribution in [0.5, 0.6) is 0 Å². The average molecular weight is 265 g/mol. The quantitative estimate of drug-likeness (QED) is 0.833. The summed E-state index contributed by atoms with van der Waals surface area (Å²) < 4.78 is 0. The van der Waals surface area contributed by atoms with Crippen LogP contribution in [0.4, 0.5) is 5.82 Å². The van der Waals surface area contributed by atoms with Crippen LogP contribution in [0.15, 0.2) is 18.5 Å². The molecule has 1 aliphatic heterocycles. The molecule has 1 fully saturated rings. The minimum Gasteiger partial charge on any atom is -0.396 e. The number of hydrogen-bond donors (Lipinski definition) is 1. The minimum absolute atomic E-state index is 0.209. The molecule has 2 aromatic rings. The molecule has 3 rings (SSSR count). The van der Waals surface area contributed by atoms with Gasteiger partial charge < -0.3 is 10.0 Å². The number of aliphatic hydroxyl groups is 1. The standard InChI is InChI=1S/C12H13ClN4O/c13-10-5-9-11(15-3-2-14-9)12(16-10)17-4-1-8(6-17)7-18/h2-3,5,8,18H,1,4,6-7H2. The van der Waals surface area contributed by atoms with Crippen molar-refractivity contribution >= 4 is 28.5 Å². The van der Waals surface area contributed by atoms with Gasteiger partial charge in [0.05, 0.1) is 5.52 Å². The predicted molar refractivity (Wildman–Crippen MR) is 69.7 cm³/mol. The molecule has 0 aromatic carbocycles. The van der Waals surface area contributed by atoms with E-state index in [1.807, 2.05) is 0 Å². The van der Waals surface area contributed by atoms with Gasteiger partial charge in [-0.05, 0) is 6.42 Å². The number of fused-ring (bicyclic) bond motifs is 1. The maximum absolute atomic E-state index is 9.20. The summed E-state index contributed by atoms with van der Waals surface area (Å²) in [5.41, 5.74) is 1.51. The van der Waals surface area contributed by atoms with E-state index in [-0.39, 0.29) is 6.61 Å². The van der Waals surface area contributed by atoms with Gasteiger partial charge in [-0.25, -0.2) is 9.97 Å². The number of anilines is 1. The number of halogens is 1. The van der Waals surface area contributed by atoms with Gasteiger partial charge in [-0.3, -0.25) is 4.98 Å². The molecule has 0 bridgehead atoms. The Kier molecular flexibility index (Phi) is 3.01. The molecule has 1 aliphatic rings. The smallest absolute Gasteiger partial charge is 0.158 e. The van der Waals surface area contributed by atoms with Crippen LogP contribution < -0.4 is 4.90 Å². The zero-order chi connectivity index (χ0) is 12.5. The van der Waals surface area contributed by atoms with Gasteiger partial charge in [0.1, 0.15) is 10.7 Å². The number of rotatable bonds is 2. The van der Waals surface area contributed by atoms with Gasteiger partial charge in [0.25, 0.3) is 0 Å². The molecule has 1 N–H and O–H groups in total. The molecule has 2 aromatic heterocycles. The zero-order valence-corrected chi connectivity index (χ0v) is 10.5. The molecule has 0 spiro atoms. The van der Waals surface area contributed by atoms with Crippen molar-refractivity contribution in [3.63, 3.8) is 0 Å². The number of hydrogen-bond acceptors (Lipinski definition) is 5. The topological polar surface area (TPSA) is 62.1 Å². The molecular weight excluding hydrogens is 252 g/mol. The lowest BCUT2D eigenvalue weighted by atomic mass is 10.1. The monoisotopic (exact) mass is 264 g/mol. The summed E-state index contributed by atoms with van der Waals surface area (Å²) in [6, 6.07) is 1.72. The summed E-state index contributed by atoms with van der Waals surface area (Å²) in [4.78, 5) is 15.1. The molecule has 1 saturated heterocycles. The first kappa shape index (κ1) is 11.6. The van der Waals surface area contributed by atoms with E-state index in [0.29, 0.717) is 11.1 Å². The Balaban J connectivity index is 2.06. The van der Waals surface area contributed by atoms with Gasteiger partial charge in [0.15, 0.2) is 5.82 Å². The van der Waals surface area contributed by atoms with Crippen LogP contribution in [0.3, 0.4) is 0 Å². The van der Waals surface area contributed by atoms with Crippen molar-refractivity contribution < 1.29 is 5.11 Å². The molecule has 1 unspecified atom stereocenters. The van der Waals surface area contributed by atoms with Crippen LogP contribution >= 0.6 is 11.6 Å². The zero-order valence-electron chi connectivity index (χ0n) is 9.75. The Morgan fingerprint density at radius 3 is 3.00 bits per heavy atom. The highest BCUT2D eigenvalue weighted by Crippen LogP contribution is 2.28. The van der Waals surface area contributed by atoms with Crippen molar-refractivity contribution in [2.24, 2.45) is 5.92 Å². The molecule has 1 atom stereocenters. The molecule has 0 saturated carbocycles. The van der Waals surface area contributed by atoms with Gasteiger partial charge in [-0.15, -0.1) is 0 Å². The third-order valence-electron chi connectivity index (χ3n) is 3.25. The van der Waals surface area contributed by atoms with Crippen molar-refractivity contribution in [3.05, 3.63) is 23.6 Å². The number of pyridine rings is 1. The maximum Gasteiger partial charge on any atom is 0.158 e. The Bertz CT molecular complexity index is 577. The van der Waals surface area contributed by atoms with Crippen LogP contribution in [0.25, 0.3) is 11.0 Å². The number of nitrogens with zero attached hydrogens (tertiary/aromatic N) is 4. The number of aromatic nitrogens is 3. The van der Waals surface area contributed by atoms with E-state index < -0.39 is 0 Å². The summed E-state index contributed by atoms with van der Waals surface area (Å²) >= 11 is 6.02. The number of aliphatic hydroxyl groups excluding tert-OH is 1. The van der Waals surface area contributed by atoms with Crippen LogP contribution in [0, 0.1) is 5.92 Å². The van der Waals surface area contributed by atoms with E-state index >= 15 is 0 Å². The molecule has 0 amide bonds. The van der Waals surface area contributed by atoms with Crippen LogP contribution in [0.1, 0.15) is 6.42 Å². The summed E-state index contributed by atoms with van der Waals surface area (Å²) in [6.45, 7) is 1.86. The highest BCUT2D eigenvalue weighted by atomic mass is 35.5. The fraction of sp³-hybridized carbons (Fsp3) is 0.417. The van der Waals surface area contributed by atoms with Gasteiger partial charge in [0.2, 0.25) is 0 Å². The van der Waals surface area contributed by atoms with Crippen molar-refractivity contribution in [1.29, 1.82) is 0 Å². The van der Waals surface area contributed by atoms with E-state index in [2.05, 4.69) is 19.9 Å². The third-order valence-corrected chi connectivity index (χ3v) is 3.44. The Morgan fingerprint density at radius 1 is 1.39 bits per heavy atom. The molecule has 5 nitrogen and oxygen atoms in total. The molecular formula is C12H13ClN4O. The van der Waals surface area contributed by atoms with Crippen molar-refractivity contribution in [2.75, 3.05) is 24.6 Å². The molecule has 0 radical (unpaired) electrons. The SMILES string of the molecule is OCC1CCN(c2nc(Cl)cc3nccnc23)C1. The maximum atomic E-state index is 9.20. The van der Waals surface area contributed by atoms with E-state index in [4.69, 9.17) is 11.6 Å². The van der Waals surface area contributed by atoms with E-state index in [9.17, 15) is 5.11 Å². The summed E-state index contributed by atoms with van der Waals surface area (Å²) in [6.07, 6.45) is 4.26. The third kappa shape index (κ3) is 2.00. The summed E-state index contributed by atoms with van der Waals surface area (Å²) in [5.74, 6) is 1.07. The van der Waals surface area contributed by atoms with Crippen LogP contribution in [-0.4, -0.2) is 39.8 Å². The van der Waals surface area contributed by atoms with Crippen LogP contribution in [0.2, 0.25) is 5.15 Å². The highest BCUT2D eigenvalue weighted by molar-refractivity contribution is 6.30. The van der Waals surface area contributed by atoms with Gasteiger partial charge >= 0.3 is 0 Å². The molecule has 94 valence electrons. The summed E-state index contributed by atoms with van der Waals surface area (Å²) in [5, 5.41) is 9.62. The molecule has 18 heavy (non-hydrogen) atoms. The van der Waals surface area contributed by atoms with Gasteiger partial charge in [-0.1, -0.05) is 11.6 Å². The fourth-order valence-electron chi connectivity index (χ4n) is 2.32. The van der Waals surface area contributed by atoms with Crippen molar-refractivity contribution in [1.82, 2.24) is 15.0 Å². The largest absolute Gasteiger partial charge is 0.396 e.